The van der Waals surface area contributed by atoms with E-state index in [4.69, 9.17) is 11.6 Å². The topological polar surface area (TPSA) is 70.7 Å². The average molecular weight is 313 g/mol. The van der Waals surface area contributed by atoms with Crippen molar-refractivity contribution in [3.8, 4) is 11.3 Å². The van der Waals surface area contributed by atoms with Crippen molar-refractivity contribution in [3.05, 3.63) is 71.1 Å². The smallest absolute Gasteiger partial charge is 0.269 e. The summed E-state index contributed by atoms with van der Waals surface area (Å²) in [5.41, 5.74) is 2.87. The number of rotatable bonds is 4. The molecule has 0 spiro atoms. The summed E-state index contributed by atoms with van der Waals surface area (Å²) in [6, 6.07) is 12.8. The number of benzene rings is 1. The van der Waals surface area contributed by atoms with Gasteiger partial charge in [0.1, 0.15) is 5.69 Å². The van der Waals surface area contributed by atoms with E-state index in [1.165, 1.54) is 0 Å². The van der Waals surface area contributed by atoms with Gasteiger partial charge in [0.15, 0.2) is 0 Å². The van der Waals surface area contributed by atoms with Crippen LogP contribution in [0.25, 0.3) is 11.3 Å². The summed E-state index contributed by atoms with van der Waals surface area (Å²) in [7, 11) is 0. The zero-order valence-corrected chi connectivity index (χ0v) is 12.3. The number of aromatic amines is 1. The van der Waals surface area contributed by atoms with Crippen molar-refractivity contribution < 1.29 is 4.79 Å². The van der Waals surface area contributed by atoms with E-state index in [0.29, 0.717) is 23.0 Å². The number of aromatic nitrogens is 3. The third-order valence-electron chi connectivity index (χ3n) is 3.20. The Kier molecular flexibility index (Phi) is 4.16. The second kappa shape index (κ2) is 6.41. The lowest BCUT2D eigenvalue weighted by molar-refractivity contribution is 0.0946. The Morgan fingerprint density at radius 1 is 1.18 bits per heavy atom. The molecule has 110 valence electrons. The number of pyridine rings is 1. The van der Waals surface area contributed by atoms with Gasteiger partial charge in [0.05, 0.1) is 5.69 Å². The van der Waals surface area contributed by atoms with Crippen molar-refractivity contribution in [2.45, 2.75) is 6.54 Å². The molecular weight excluding hydrogens is 300 g/mol. The number of H-pyrrole nitrogens is 1. The Labute approximate surface area is 132 Å². The molecule has 6 heteroatoms. The molecule has 3 rings (SSSR count). The normalized spacial score (nSPS) is 10.4. The van der Waals surface area contributed by atoms with Gasteiger partial charge in [0, 0.05) is 29.5 Å². The van der Waals surface area contributed by atoms with Crippen LogP contribution >= 0.6 is 11.6 Å². The minimum Gasteiger partial charge on any atom is -0.347 e. The number of hydrogen-bond acceptors (Lipinski definition) is 3. The number of halogens is 1. The lowest BCUT2D eigenvalue weighted by atomic mass is 10.2. The highest BCUT2D eigenvalue weighted by atomic mass is 35.5. The fraction of sp³-hybridized carbons (Fsp3) is 0.0625. The van der Waals surface area contributed by atoms with E-state index < -0.39 is 0 Å². The molecule has 5 nitrogen and oxygen atoms in total. The average Bonchev–Trinajstić information content (AvgIpc) is 3.05. The number of nitrogens with one attached hydrogen (secondary N) is 2. The van der Waals surface area contributed by atoms with Crippen LogP contribution < -0.4 is 5.32 Å². The maximum Gasteiger partial charge on any atom is 0.269 e. The highest BCUT2D eigenvalue weighted by molar-refractivity contribution is 6.31. The van der Waals surface area contributed by atoms with E-state index in [2.05, 4.69) is 20.5 Å². The minimum absolute atomic E-state index is 0.229. The monoisotopic (exact) mass is 312 g/mol. The Morgan fingerprint density at radius 2 is 1.95 bits per heavy atom. The summed E-state index contributed by atoms with van der Waals surface area (Å²) in [4.78, 5) is 16.1. The van der Waals surface area contributed by atoms with Crippen LogP contribution in [0.2, 0.25) is 5.02 Å². The number of carbonyl (C=O) groups excluding carboxylic acids is 1. The predicted octanol–water partition coefficient (Wildman–Crippen LogP) is 3.06. The van der Waals surface area contributed by atoms with Crippen LogP contribution in [0.1, 0.15) is 16.1 Å². The molecule has 2 aromatic heterocycles. The molecule has 2 heterocycles. The SMILES string of the molecule is O=C(NCc1ccccc1Cl)c1cc(-c2ccncc2)n[nH]1. The van der Waals surface area contributed by atoms with Crippen molar-refractivity contribution in [2.75, 3.05) is 0 Å². The molecule has 0 aliphatic heterocycles. The molecule has 0 fully saturated rings. The Morgan fingerprint density at radius 3 is 2.73 bits per heavy atom. The first kappa shape index (κ1) is 14.3. The van der Waals surface area contributed by atoms with Gasteiger partial charge in [-0.05, 0) is 29.8 Å². The molecule has 0 unspecified atom stereocenters. The quantitative estimate of drug-likeness (QED) is 0.778. The van der Waals surface area contributed by atoms with Gasteiger partial charge >= 0.3 is 0 Å². The van der Waals surface area contributed by atoms with Gasteiger partial charge < -0.3 is 5.32 Å². The number of carbonyl (C=O) groups is 1. The van der Waals surface area contributed by atoms with Gasteiger partial charge in [0.25, 0.3) is 5.91 Å². The summed E-state index contributed by atoms with van der Waals surface area (Å²) in [6.07, 6.45) is 3.36. The van der Waals surface area contributed by atoms with E-state index >= 15 is 0 Å². The number of amides is 1. The van der Waals surface area contributed by atoms with Crippen molar-refractivity contribution >= 4 is 17.5 Å². The lowest BCUT2D eigenvalue weighted by Gasteiger charge is -2.05. The zero-order chi connectivity index (χ0) is 15.4. The summed E-state index contributed by atoms with van der Waals surface area (Å²) in [6.45, 7) is 0.363. The highest BCUT2D eigenvalue weighted by Gasteiger charge is 2.11. The first-order valence-electron chi connectivity index (χ1n) is 6.71. The fourth-order valence-electron chi connectivity index (χ4n) is 2.02. The molecule has 22 heavy (non-hydrogen) atoms. The summed E-state index contributed by atoms with van der Waals surface area (Å²) < 4.78 is 0. The van der Waals surface area contributed by atoms with Crippen LogP contribution in [0.5, 0.6) is 0 Å². The van der Waals surface area contributed by atoms with Crippen LogP contribution in [-0.4, -0.2) is 21.1 Å². The second-order valence-corrected chi connectivity index (χ2v) is 5.08. The summed E-state index contributed by atoms with van der Waals surface area (Å²) in [5, 5.41) is 10.3. The van der Waals surface area contributed by atoms with Crippen molar-refractivity contribution in [3.63, 3.8) is 0 Å². The molecule has 3 aromatic rings. The summed E-state index contributed by atoms with van der Waals surface area (Å²) >= 11 is 6.06. The number of nitrogens with zero attached hydrogens (tertiary/aromatic N) is 2. The maximum atomic E-state index is 12.1. The van der Waals surface area contributed by atoms with Gasteiger partial charge in [-0.15, -0.1) is 0 Å². The standard InChI is InChI=1S/C16H13ClN4O/c17-13-4-2-1-3-12(13)10-19-16(22)15-9-14(20-21-15)11-5-7-18-8-6-11/h1-9H,10H2,(H,19,22)(H,20,21). The third kappa shape index (κ3) is 3.15. The largest absolute Gasteiger partial charge is 0.347 e. The highest BCUT2D eigenvalue weighted by Crippen LogP contribution is 2.17. The van der Waals surface area contributed by atoms with E-state index in [9.17, 15) is 4.79 Å². The molecule has 0 saturated carbocycles. The van der Waals surface area contributed by atoms with Crippen LogP contribution in [0.4, 0.5) is 0 Å². The first-order valence-corrected chi connectivity index (χ1v) is 7.09. The van der Waals surface area contributed by atoms with Gasteiger partial charge in [0.2, 0.25) is 0 Å². The molecule has 0 saturated heterocycles. The molecule has 0 atom stereocenters. The van der Waals surface area contributed by atoms with Gasteiger partial charge in [-0.3, -0.25) is 14.9 Å². The van der Waals surface area contributed by atoms with Crippen LogP contribution in [0.15, 0.2) is 54.9 Å². The first-order chi connectivity index (χ1) is 10.7. The van der Waals surface area contributed by atoms with Crippen molar-refractivity contribution in [1.29, 1.82) is 0 Å². The van der Waals surface area contributed by atoms with Gasteiger partial charge in [-0.2, -0.15) is 5.10 Å². The Bertz CT molecular complexity index is 786. The van der Waals surface area contributed by atoms with E-state index in [1.54, 1.807) is 24.5 Å². The molecule has 0 aliphatic carbocycles. The molecular formula is C16H13ClN4O. The molecule has 0 radical (unpaired) electrons. The van der Waals surface area contributed by atoms with E-state index in [0.717, 1.165) is 11.1 Å². The van der Waals surface area contributed by atoms with Gasteiger partial charge in [-0.25, -0.2) is 0 Å². The molecule has 0 aliphatic rings. The van der Waals surface area contributed by atoms with Crippen LogP contribution in [0, 0.1) is 0 Å². The molecule has 0 bridgehead atoms. The molecule has 1 aromatic carbocycles. The van der Waals surface area contributed by atoms with Crippen molar-refractivity contribution in [2.24, 2.45) is 0 Å². The van der Waals surface area contributed by atoms with Crippen LogP contribution in [0.3, 0.4) is 0 Å². The Balaban J connectivity index is 1.69. The van der Waals surface area contributed by atoms with Crippen molar-refractivity contribution in [1.82, 2.24) is 20.5 Å². The Hall–Kier alpha value is -2.66. The minimum atomic E-state index is -0.229. The lowest BCUT2D eigenvalue weighted by Crippen LogP contribution is -2.23. The predicted molar refractivity (Wildman–Crippen MR) is 84.4 cm³/mol. The van der Waals surface area contributed by atoms with Gasteiger partial charge in [-0.1, -0.05) is 29.8 Å². The molecule has 1 amide bonds. The maximum absolute atomic E-state index is 12.1. The zero-order valence-electron chi connectivity index (χ0n) is 11.6. The third-order valence-corrected chi connectivity index (χ3v) is 3.56. The molecule has 2 N–H and O–H groups in total. The second-order valence-electron chi connectivity index (χ2n) is 4.68. The number of hydrogen-bond donors (Lipinski definition) is 2. The van der Waals surface area contributed by atoms with E-state index in [1.807, 2.05) is 30.3 Å². The summed E-state index contributed by atoms with van der Waals surface area (Å²) in [5.74, 6) is -0.229. The van der Waals surface area contributed by atoms with E-state index in [-0.39, 0.29) is 5.91 Å². The van der Waals surface area contributed by atoms with Crippen LogP contribution in [-0.2, 0) is 6.54 Å². The fourth-order valence-corrected chi connectivity index (χ4v) is 2.22.